The minimum absolute atomic E-state index is 0.0417. The molecule has 0 bridgehead atoms. The van der Waals surface area contributed by atoms with Crippen molar-refractivity contribution in [3.8, 4) is 0 Å². The first-order valence-electron chi connectivity index (χ1n) is 5.41. The molecule has 0 unspecified atom stereocenters. The summed E-state index contributed by atoms with van der Waals surface area (Å²) in [4.78, 5) is 12.9. The molecule has 100 valence electrons. The molecule has 17 heavy (non-hydrogen) atoms. The van der Waals surface area contributed by atoms with Crippen LogP contribution in [0.4, 0.5) is 13.2 Å². The van der Waals surface area contributed by atoms with E-state index in [4.69, 9.17) is 4.74 Å². The van der Waals surface area contributed by atoms with E-state index in [1.807, 2.05) is 0 Å². The molecule has 1 rings (SSSR count). The predicted octanol–water partition coefficient (Wildman–Crippen LogP) is 0.774. The smallest absolute Gasteiger partial charge is 0.380 e. The minimum Gasteiger partial charge on any atom is -0.380 e. The largest absolute Gasteiger partial charge is 0.390 e. The lowest BCUT2D eigenvalue weighted by Gasteiger charge is -2.21. The molecule has 0 aromatic heterocycles. The summed E-state index contributed by atoms with van der Waals surface area (Å²) < 4.78 is 41.1. The molecule has 1 saturated heterocycles. The van der Waals surface area contributed by atoms with E-state index in [-0.39, 0.29) is 18.6 Å². The Bertz CT molecular complexity index is 271. The van der Waals surface area contributed by atoms with Gasteiger partial charge in [0.1, 0.15) is 0 Å². The summed E-state index contributed by atoms with van der Waals surface area (Å²) in [5.74, 6) is -0.311. The number of nitrogens with one attached hydrogen (secondary N) is 1. The molecule has 0 aromatic carbocycles. The molecule has 1 amide bonds. The fourth-order valence-corrected chi connectivity index (χ4v) is 1.74. The van der Waals surface area contributed by atoms with Gasteiger partial charge in [-0.15, -0.1) is 0 Å². The van der Waals surface area contributed by atoms with Gasteiger partial charge in [0.15, 0.2) is 0 Å². The fourth-order valence-electron chi connectivity index (χ4n) is 1.74. The highest BCUT2D eigenvalue weighted by Crippen LogP contribution is 2.20. The molecule has 1 aliphatic rings. The lowest BCUT2D eigenvalue weighted by Crippen LogP contribution is -2.42. The second-order valence-corrected chi connectivity index (χ2v) is 4.18. The monoisotopic (exact) mass is 254 g/mol. The van der Waals surface area contributed by atoms with Crippen LogP contribution in [-0.2, 0) is 9.53 Å². The molecule has 0 radical (unpaired) electrons. The average molecular weight is 254 g/mol. The van der Waals surface area contributed by atoms with E-state index in [1.165, 1.54) is 7.05 Å². The van der Waals surface area contributed by atoms with Gasteiger partial charge in [-0.05, 0) is 6.42 Å². The Labute approximate surface area is 98.1 Å². The van der Waals surface area contributed by atoms with Crippen molar-refractivity contribution in [1.82, 2.24) is 10.2 Å². The number of amides is 1. The van der Waals surface area contributed by atoms with Gasteiger partial charge >= 0.3 is 6.18 Å². The van der Waals surface area contributed by atoms with Crippen molar-refractivity contribution in [1.29, 1.82) is 0 Å². The number of carbonyl (C=O) groups excluding carboxylic acids is 1. The first kappa shape index (κ1) is 14.2. The molecule has 0 aliphatic carbocycles. The van der Waals surface area contributed by atoms with Crippen molar-refractivity contribution in [3.05, 3.63) is 0 Å². The van der Waals surface area contributed by atoms with Gasteiger partial charge in [0.25, 0.3) is 0 Å². The van der Waals surface area contributed by atoms with Crippen molar-refractivity contribution < 1.29 is 22.7 Å². The lowest BCUT2D eigenvalue weighted by atomic mass is 10.2. The number of ether oxygens (including phenoxy) is 1. The van der Waals surface area contributed by atoms with Gasteiger partial charge in [0.2, 0.25) is 5.91 Å². The van der Waals surface area contributed by atoms with Crippen LogP contribution in [-0.4, -0.2) is 56.4 Å². The Kier molecular flexibility index (Phi) is 4.76. The van der Waals surface area contributed by atoms with Crippen LogP contribution in [0.2, 0.25) is 0 Å². The minimum atomic E-state index is -4.23. The van der Waals surface area contributed by atoms with Crippen LogP contribution in [0.25, 0.3) is 0 Å². The van der Waals surface area contributed by atoms with Crippen molar-refractivity contribution in [2.24, 2.45) is 0 Å². The highest BCUT2D eigenvalue weighted by molar-refractivity contribution is 5.82. The first-order chi connectivity index (χ1) is 7.83. The number of hydrogen-bond acceptors (Lipinski definition) is 3. The second-order valence-electron chi connectivity index (χ2n) is 4.18. The van der Waals surface area contributed by atoms with Crippen molar-refractivity contribution in [2.45, 2.75) is 31.2 Å². The van der Waals surface area contributed by atoms with E-state index in [1.54, 1.807) is 7.11 Å². The summed E-state index contributed by atoms with van der Waals surface area (Å²) in [6.45, 7) is 0.248. The molecular weight excluding hydrogens is 237 g/mol. The van der Waals surface area contributed by atoms with Gasteiger partial charge in [-0.25, -0.2) is 0 Å². The molecule has 2 atom stereocenters. The molecule has 1 heterocycles. The summed E-state index contributed by atoms with van der Waals surface area (Å²) in [7, 11) is 2.93. The Morgan fingerprint density at radius 3 is 2.65 bits per heavy atom. The Balaban J connectivity index is 2.37. The van der Waals surface area contributed by atoms with Crippen molar-refractivity contribution in [3.63, 3.8) is 0 Å². The zero-order valence-corrected chi connectivity index (χ0v) is 9.88. The van der Waals surface area contributed by atoms with Gasteiger partial charge in [0.05, 0.1) is 18.6 Å². The van der Waals surface area contributed by atoms with Gasteiger partial charge < -0.3 is 15.0 Å². The quantitative estimate of drug-likeness (QED) is 0.806. The third-order valence-corrected chi connectivity index (χ3v) is 2.83. The van der Waals surface area contributed by atoms with E-state index in [0.29, 0.717) is 13.0 Å². The van der Waals surface area contributed by atoms with Crippen LogP contribution in [0.15, 0.2) is 0 Å². The van der Waals surface area contributed by atoms with Crippen LogP contribution >= 0.6 is 0 Å². The molecule has 4 nitrogen and oxygen atoms in total. The van der Waals surface area contributed by atoms with Crippen LogP contribution < -0.4 is 5.32 Å². The number of hydrogen-bond donors (Lipinski definition) is 1. The molecule has 0 saturated carbocycles. The van der Waals surface area contributed by atoms with Crippen LogP contribution in [0.3, 0.4) is 0 Å². The maximum Gasteiger partial charge on any atom is 0.390 e. The molecule has 1 aliphatic heterocycles. The molecular formula is C10H17F3N2O2. The molecule has 1 fully saturated rings. The van der Waals surface area contributed by atoms with Gasteiger partial charge in [-0.3, -0.25) is 4.79 Å². The Hall–Kier alpha value is -0.820. The molecule has 0 spiro atoms. The normalized spacial score (nSPS) is 25.0. The summed E-state index contributed by atoms with van der Waals surface area (Å²) in [6, 6.07) is -0.432. The van der Waals surface area contributed by atoms with Gasteiger partial charge in [0, 0.05) is 27.2 Å². The summed E-state index contributed by atoms with van der Waals surface area (Å²) in [6.07, 6.45) is -4.74. The second kappa shape index (κ2) is 5.68. The standard InChI is InChI=1S/C10H17F3N2O2/c1-15(4-3-10(11,12)13)9(16)8-5-7(17-2)6-14-8/h7-8,14H,3-6H2,1-2H3/t7-,8-/m0/s1. The molecule has 0 aromatic rings. The fraction of sp³-hybridized carbons (Fsp3) is 0.900. The zero-order valence-electron chi connectivity index (χ0n) is 9.88. The van der Waals surface area contributed by atoms with E-state index < -0.39 is 18.6 Å². The molecule has 7 heteroatoms. The van der Waals surface area contributed by atoms with Crippen molar-refractivity contribution in [2.75, 3.05) is 27.2 Å². The number of carbonyl (C=O) groups is 1. The number of halogens is 3. The Morgan fingerprint density at radius 1 is 1.53 bits per heavy atom. The topological polar surface area (TPSA) is 41.6 Å². The average Bonchev–Trinajstić information content (AvgIpc) is 2.72. The van der Waals surface area contributed by atoms with E-state index in [0.717, 1.165) is 4.90 Å². The summed E-state index contributed by atoms with van der Waals surface area (Å²) in [5.41, 5.74) is 0. The number of nitrogens with zero attached hydrogens (tertiary/aromatic N) is 1. The van der Waals surface area contributed by atoms with E-state index >= 15 is 0 Å². The van der Waals surface area contributed by atoms with E-state index in [2.05, 4.69) is 5.32 Å². The summed E-state index contributed by atoms with van der Waals surface area (Å²) in [5, 5.41) is 2.94. The summed E-state index contributed by atoms with van der Waals surface area (Å²) >= 11 is 0. The Morgan fingerprint density at radius 2 is 2.18 bits per heavy atom. The predicted molar refractivity (Wildman–Crippen MR) is 55.5 cm³/mol. The van der Waals surface area contributed by atoms with Crippen molar-refractivity contribution >= 4 is 5.91 Å². The van der Waals surface area contributed by atoms with Crippen LogP contribution in [0.1, 0.15) is 12.8 Å². The number of methoxy groups -OCH3 is 1. The maximum absolute atomic E-state index is 12.0. The SMILES string of the molecule is CO[C@@H]1CN[C@H](C(=O)N(C)CCC(F)(F)F)C1. The molecule has 1 N–H and O–H groups in total. The van der Waals surface area contributed by atoms with Crippen LogP contribution in [0, 0.1) is 0 Å². The number of likely N-dealkylation sites (N-methyl/N-ethyl adjacent to an activating group) is 1. The van der Waals surface area contributed by atoms with Gasteiger partial charge in [-0.1, -0.05) is 0 Å². The highest BCUT2D eigenvalue weighted by atomic mass is 19.4. The number of alkyl halides is 3. The maximum atomic E-state index is 12.0. The third kappa shape index (κ3) is 4.51. The lowest BCUT2D eigenvalue weighted by molar-refractivity contribution is -0.145. The highest BCUT2D eigenvalue weighted by Gasteiger charge is 2.33. The van der Waals surface area contributed by atoms with Gasteiger partial charge in [-0.2, -0.15) is 13.2 Å². The number of rotatable bonds is 4. The van der Waals surface area contributed by atoms with E-state index in [9.17, 15) is 18.0 Å². The first-order valence-corrected chi connectivity index (χ1v) is 5.41. The van der Waals surface area contributed by atoms with Crippen LogP contribution in [0.5, 0.6) is 0 Å². The zero-order chi connectivity index (χ0) is 13.1. The third-order valence-electron chi connectivity index (χ3n) is 2.83.